The number of thiocarbonyl (C=S) groups is 1. The molecule has 0 fully saturated rings. The number of carbonyl (C=O) groups is 1. The summed E-state index contributed by atoms with van der Waals surface area (Å²) in [6.45, 7) is 1.92. The number of hydrogen-bond donors (Lipinski definition) is 3. The van der Waals surface area contributed by atoms with Crippen molar-refractivity contribution in [2.24, 2.45) is 0 Å². The van der Waals surface area contributed by atoms with E-state index in [2.05, 4.69) is 10.6 Å². The van der Waals surface area contributed by atoms with Crippen molar-refractivity contribution in [1.29, 1.82) is 0 Å². The van der Waals surface area contributed by atoms with Crippen molar-refractivity contribution < 1.29 is 4.79 Å². The molecular weight excluding hydrogens is 306 g/mol. The highest BCUT2D eigenvalue weighted by atomic mass is 35.5. The largest absolute Gasteiger partial charge is 0.399 e. The van der Waals surface area contributed by atoms with E-state index in [1.54, 1.807) is 30.3 Å². The third-order valence-corrected chi connectivity index (χ3v) is 3.27. The number of benzene rings is 2. The van der Waals surface area contributed by atoms with E-state index in [9.17, 15) is 4.79 Å². The van der Waals surface area contributed by atoms with Crippen LogP contribution in [0.5, 0.6) is 0 Å². The predicted octanol–water partition coefficient (Wildman–Crippen LogP) is 3.36. The van der Waals surface area contributed by atoms with Crippen LogP contribution in [0.2, 0.25) is 5.02 Å². The molecule has 2 rings (SSSR count). The standard InChI is InChI=1S/C15H14ClN3OS/c1-9-3-2-4-10(7-9)14(20)19-15(21)18-13-6-5-11(17)8-12(13)16/h2-8H,17H2,1H3,(H2,18,19,20,21). The van der Waals surface area contributed by atoms with Gasteiger partial charge in [-0.1, -0.05) is 29.3 Å². The van der Waals surface area contributed by atoms with E-state index in [1.807, 2.05) is 19.1 Å². The Labute approximate surface area is 133 Å². The van der Waals surface area contributed by atoms with Gasteiger partial charge in [0.25, 0.3) is 5.91 Å². The summed E-state index contributed by atoms with van der Waals surface area (Å²) < 4.78 is 0. The maximum atomic E-state index is 12.0. The number of nitrogens with two attached hydrogens (primary N) is 1. The van der Waals surface area contributed by atoms with E-state index in [0.717, 1.165) is 5.56 Å². The number of nitrogen functional groups attached to an aromatic ring is 1. The van der Waals surface area contributed by atoms with Gasteiger partial charge in [0.15, 0.2) is 5.11 Å². The van der Waals surface area contributed by atoms with Crippen LogP contribution in [0.3, 0.4) is 0 Å². The van der Waals surface area contributed by atoms with E-state index in [1.165, 1.54) is 0 Å². The predicted molar refractivity (Wildman–Crippen MR) is 90.7 cm³/mol. The van der Waals surface area contributed by atoms with Crippen molar-refractivity contribution in [2.75, 3.05) is 11.1 Å². The molecule has 0 saturated carbocycles. The third-order valence-electron chi connectivity index (χ3n) is 2.75. The summed E-state index contributed by atoms with van der Waals surface area (Å²) in [5.41, 5.74) is 8.30. The molecule has 1 amide bonds. The average molecular weight is 320 g/mol. The van der Waals surface area contributed by atoms with Crippen molar-refractivity contribution in [1.82, 2.24) is 5.32 Å². The van der Waals surface area contributed by atoms with Crippen molar-refractivity contribution in [3.63, 3.8) is 0 Å². The molecule has 0 heterocycles. The zero-order valence-electron chi connectivity index (χ0n) is 11.3. The second kappa shape index (κ2) is 6.56. The van der Waals surface area contributed by atoms with Gasteiger partial charge in [-0.25, -0.2) is 0 Å². The molecule has 0 aliphatic carbocycles. The van der Waals surface area contributed by atoms with Gasteiger partial charge in [0, 0.05) is 11.3 Å². The lowest BCUT2D eigenvalue weighted by molar-refractivity contribution is 0.0977. The monoisotopic (exact) mass is 319 g/mol. The number of halogens is 1. The number of aryl methyl sites for hydroxylation is 1. The van der Waals surface area contributed by atoms with Crippen LogP contribution in [0, 0.1) is 6.92 Å². The SMILES string of the molecule is Cc1cccc(C(=O)NC(=S)Nc2ccc(N)cc2Cl)c1. The first-order valence-electron chi connectivity index (χ1n) is 6.20. The zero-order chi connectivity index (χ0) is 15.4. The molecule has 4 nitrogen and oxygen atoms in total. The third kappa shape index (κ3) is 4.18. The first kappa shape index (κ1) is 15.3. The molecule has 4 N–H and O–H groups in total. The molecule has 21 heavy (non-hydrogen) atoms. The Morgan fingerprint density at radius 2 is 2.00 bits per heavy atom. The maximum absolute atomic E-state index is 12.0. The molecule has 2 aromatic rings. The van der Waals surface area contributed by atoms with E-state index in [-0.39, 0.29) is 11.0 Å². The summed E-state index contributed by atoms with van der Waals surface area (Å²) in [6, 6.07) is 12.2. The normalized spacial score (nSPS) is 10.0. The topological polar surface area (TPSA) is 67.2 Å². The lowest BCUT2D eigenvalue weighted by Crippen LogP contribution is -2.34. The summed E-state index contributed by atoms with van der Waals surface area (Å²) in [7, 11) is 0. The molecule has 0 bridgehead atoms. The molecule has 108 valence electrons. The Hall–Kier alpha value is -2.11. The van der Waals surface area contributed by atoms with Crippen LogP contribution in [0.1, 0.15) is 15.9 Å². The van der Waals surface area contributed by atoms with Gasteiger partial charge in [0.2, 0.25) is 0 Å². The maximum Gasteiger partial charge on any atom is 0.257 e. The minimum atomic E-state index is -0.275. The smallest absolute Gasteiger partial charge is 0.257 e. The number of carbonyl (C=O) groups excluding carboxylic acids is 1. The molecule has 0 aliphatic rings. The fourth-order valence-corrected chi connectivity index (χ4v) is 2.19. The van der Waals surface area contributed by atoms with Gasteiger partial charge < -0.3 is 11.1 Å². The molecule has 0 aromatic heterocycles. The first-order chi connectivity index (χ1) is 9.95. The number of rotatable bonds is 2. The van der Waals surface area contributed by atoms with Crippen molar-refractivity contribution in [3.05, 3.63) is 58.6 Å². The van der Waals surface area contributed by atoms with Crippen molar-refractivity contribution >= 4 is 46.2 Å². The van der Waals surface area contributed by atoms with Crippen LogP contribution in [0.15, 0.2) is 42.5 Å². The minimum absolute atomic E-state index is 0.174. The van der Waals surface area contributed by atoms with Crippen LogP contribution in [-0.2, 0) is 0 Å². The second-order valence-corrected chi connectivity index (χ2v) is 5.33. The van der Waals surface area contributed by atoms with Crippen molar-refractivity contribution in [2.45, 2.75) is 6.92 Å². The Bertz CT molecular complexity index is 703. The Morgan fingerprint density at radius 1 is 1.24 bits per heavy atom. The molecule has 0 atom stereocenters. The van der Waals surface area contributed by atoms with Gasteiger partial charge in [-0.3, -0.25) is 10.1 Å². The van der Waals surface area contributed by atoms with Gasteiger partial charge >= 0.3 is 0 Å². The molecular formula is C15H14ClN3OS. The second-order valence-electron chi connectivity index (χ2n) is 4.52. The summed E-state index contributed by atoms with van der Waals surface area (Å²) in [5.74, 6) is -0.275. The number of amides is 1. The van der Waals surface area contributed by atoms with Crippen LogP contribution in [0.25, 0.3) is 0 Å². The lowest BCUT2D eigenvalue weighted by atomic mass is 10.1. The average Bonchev–Trinajstić information content (AvgIpc) is 2.42. The Kier molecular flexibility index (Phi) is 4.77. The Morgan fingerprint density at radius 3 is 2.67 bits per heavy atom. The zero-order valence-corrected chi connectivity index (χ0v) is 12.9. The summed E-state index contributed by atoms with van der Waals surface area (Å²) in [4.78, 5) is 12.0. The molecule has 0 spiro atoms. The van der Waals surface area contributed by atoms with Gasteiger partial charge in [-0.2, -0.15) is 0 Å². The molecule has 0 aliphatic heterocycles. The van der Waals surface area contributed by atoms with Crippen LogP contribution in [-0.4, -0.2) is 11.0 Å². The van der Waals surface area contributed by atoms with Crippen LogP contribution >= 0.6 is 23.8 Å². The minimum Gasteiger partial charge on any atom is -0.399 e. The van der Waals surface area contributed by atoms with E-state index >= 15 is 0 Å². The van der Waals surface area contributed by atoms with E-state index in [4.69, 9.17) is 29.6 Å². The number of hydrogen-bond acceptors (Lipinski definition) is 3. The first-order valence-corrected chi connectivity index (χ1v) is 6.98. The van der Waals surface area contributed by atoms with Gasteiger partial charge in [0.1, 0.15) is 0 Å². The number of nitrogens with one attached hydrogen (secondary N) is 2. The summed E-state index contributed by atoms with van der Waals surface area (Å²) in [5, 5.41) is 6.08. The lowest BCUT2D eigenvalue weighted by Gasteiger charge is -2.11. The fourth-order valence-electron chi connectivity index (χ4n) is 1.75. The number of anilines is 2. The van der Waals surface area contributed by atoms with E-state index < -0.39 is 0 Å². The van der Waals surface area contributed by atoms with Gasteiger partial charge in [-0.05, 0) is 49.5 Å². The van der Waals surface area contributed by atoms with Crippen LogP contribution < -0.4 is 16.4 Å². The van der Waals surface area contributed by atoms with Crippen molar-refractivity contribution in [3.8, 4) is 0 Å². The van der Waals surface area contributed by atoms with Gasteiger partial charge in [-0.15, -0.1) is 0 Å². The highest BCUT2D eigenvalue weighted by Gasteiger charge is 2.09. The quantitative estimate of drug-likeness (QED) is 0.586. The Balaban J connectivity index is 2.03. The fraction of sp³-hybridized carbons (Fsp3) is 0.0667. The summed E-state index contributed by atoms with van der Waals surface area (Å²) in [6.07, 6.45) is 0. The molecule has 6 heteroatoms. The van der Waals surface area contributed by atoms with Gasteiger partial charge in [0.05, 0.1) is 10.7 Å². The molecule has 0 saturated heterocycles. The summed E-state index contributed by atoms with van der Waals surface area (Å²) >= 11 is 11.1. The molecule has 0 radical (unpaired) electrons. The highest BCUT2D eigenvalue weighted by Crippen LogP contribution is 2.23. The highest BCUT2D eigenvalue weighted by molar-refractivity contribution is 7.80. The van der Waals surface area contributed by atoms with E-state index in [0.29, 0.717) is 22.0 Å². The molecule has 2 aromatic carbocycles. The van der Waals surface area contributed by atoms with Crippen LogP contribution in [0.4, 0.5) is 11.4 Å². The molecule has 0 unspecified atom stereocenters.